The second kappa shape index (κ2) is 3.80. The zero-order chi connectivity index (χ0) is 15.1. The number of piperidine rings is 2. The minimum Gasteiger partial charge on any atom is -0.389 e. The number of aliphatic hydroxyl groups is 1. The Labute approximate surface area is 126 Å². The van der Waals surface area contributed by atoms with Crippen molar-refractivity contribution in [2.75, 3.05) is 5.43 Å². The molecule has 2 aromatic rings. The highest BCUT2D eigenvalue weighted by Gasteiger charge is 2.67. The van der Waals surface area contributed by atoms with Gasteiger partial charge in [0.05, 0.1) is 16.9 Å². The number of carbonyl (C=O) groups is 1. The van der Waals surface area contributed by atoms with Gasteiger partial charge < -0.3 is 21.2 Å². The van der Waals surface area contributed by atoms with Crippen molar-refractivity contribution in [2.45, 2.75) is 36.9 Å². The van der Waals surface area contributed by atoms with Gasteiger partial charge in [-0.25, -0.2) is 9.99 Å². The molecule has 0 aromatic carbocycles. The van der Waals surface area contributed by atoms with Crippen LogP contribution in [0.15, 0.2) is 18.5 Å². The summed E-state index contributed by atoms with van der Waals surface area (Å²) in [7, 11) is 0. The molecule has 7 heteroatoms. The summed E-state index contributed by atoms with van der Waals surface area (Å²) in [6.45, 7) is 0. The number of aromatic amines is 1. The highest BCUT2D eigenvalue weighted by molar-refractivity contribution is 6.05. The number of hydrazine groups is 1. The Balaban J connectivity index is 1.56. The molecule has 114 valence electrons. The van der Waals surface area contributed by atoms with E-state index in [-0.39, 0.29) is 0 Å². The number of fused-ring (bicyclic) bond motifs is 2. The molecule has 2 saturated carbocycles. The number of amides is 1. The fourth-order valence-electron chi connectivity index (χ4n) is 4.64. The molecule has 22 heavy (non-hydrogen) atoms. The lowest BCUT2D eigenvalue weighted by molar-refractivity contribution is -0.146. The van der Waals surface area contributed by atoms with Crippen molar-refractivity contribution in [1.82, 2.24) is 15.0 Å². The molecule has 5 rings (SSSR count). The lowest BCUT2D eigenvalue weighted by atomic mass is 9.66. The Kier molecular flexibility index (Phi) is 2.14. The van der Waals surface area contributed by atoms with E-state index >= 15 is 0 Å². The molecule has 3 unspecified atom stereocenters. The summed E-state index contributed by atoms with van der Waals surface area (Å²) >= 11 is 0. The van der Waals surface area contributed by atoms with Crippen LogP contribution in [0.25, 0.3) is 11.0 Å². The zero-order valence-electron chi connectivity index (χ0n) is 11.9. The van der Waals surface area contributed by atoms with Gasteiger partial charge in [0.15, 0.2) is 0 Å². The molecule has 7 nitrogen and oxygen atoms in total. The van der Waals surface area contributed by atoms with Gasteiger partial charge in [0.25, 0.3) is 5.91 Å². The highest BCUT2D eigenvalue weighted by Crippen LogP contribution is 2.60. The van der Waals surface area contributed by atoms with Crippen LogP contribution in [0, 0.1) is 5.92 Å². The van der Waals surface area contributed by atoms with E-state index in [4.69, 9.17) is 5.73 Å². The normalized spacial score (nSPS) is 35.8. The molecule has 0 spiro atoms. The minimum absolute atomic E-state index is 0.316. The average Bonchev–Trinajstić information content (AvgIpc) is 3.10. The van der Waals surface area contributed by atoms with E-state index in [9.17, 15) is 9.90 Å². The summed E-state index contributed by atoms with van der Waals surface area (Å²) in [6, 6.07) is 2.55. The van der Waals surface area contributed by atoms with Gasteiger partial charge in [-0.15, -0.1) is 0 Å². The number of hydrogen-bond acceptors (Lipinski definition) is 5. The van der Waals surface area contributed by atoms with Crippen LogP contribution < -0.4 is 11.2 Å². The summed E-state index contributed by atoms with van der Waals surface area (Å²) in [4.78, 5) is 19.0. The Morgan fingerprint density at radius 1 is 1.55 bits per heavy atom. The summed E-state index contributed by atoms with van der Waals surface area (Å²) in [5.74, 6) is -0.141. The molecule has 1 aliphatic heterocycles. The van der Waals surface area contributed by atoms with Gasteiger partial charge in [-0.05, 0) is 25.3 Å². The molecule has 1 saturated heterocycles. The average molecular weight is 299 g/mol. The number of primary amides is 1. The topological polar surface area (TPSA) is 107 Å². The van der Waals surface area contributed by atoms with Gasteiger partial charge in [-0.1, -0.05) is 0 Å². The van der Waals surface area contributed by atoms with E-state index in [2.05, 4.69) is 20.4 Å². The summed E-state index contributed by atoms with van der Waals surface area (Å²) in [6.07, 6.45) is 5.92. The van der Waals surface area contributed by atoms with Gasteiger partial charge >= 0.3 is 0 Å². The van der Waals surface area contributed by atoms with Gasteiger partial charge in [0, 0.05) is 35.8 Å². The standard InChI is InChI=1S/C15H17N5O2/c16-13(21)9-6-18-14-8(1-2-17-14)12(9)19-20-7-3-10-11(20)5-15(10,22)4-7/h1-2,6-7,10-11,22H,3-5H2,(H2,16,21)(H2,17,18,19)/t7?,10?,11?,15-/m0/s1. The Hall–Kier alpha value is -2.12. The third kappa shape index (κ3) is 1.37. The Morgan fingerprint density at radius 3 is 3.09 bits per heavy atom. The fraction of sp³-hybridized carbons (Fsp3) is 0.467. The first kappa shape index (κ1) is 12.4. The smallest absolute Gasteiger partial charge is 0.252 e. The number of carbonyl (C=O) groups excluding carboxylic acids is 1. The molecule has 3 aliphatic rings. The number of nitrogens with zero attached hydrogens (tertiary/aromatic N) is 2. The number of aromatic nitrogens is 2. The van der Waals surface area contributed by atoms with Gasteiger partial charge in [0.1, 0.15) is 5.65 Å². The second-order valence-electron chi connectivity index (χ2n) is 6.75. The number of hydrogen-bond donors (Lipinski definition) is 4. The van der Waals surface area contributed by atoms with Crippen LogP contribution in [-0.2, 0) is 0 Å². The largest absolute Gasteiger partial charge is 0.389 e. The molecule has 3 fully saturated rings. The van der Waals surface area contributed by atoms with Crippen molar-refractivity contribution in [3.8, 4) is 0 Å². The summed E-state index contributed by atoms with van der Waals surface area (Å²) in [5.41, 5.74) is 10.3. The van der Waals surface area contributed by atoms with Crippen molar-refractivity contribution in [2.24, 2.45) is 11.7 Å². The zero-order valence-corrected chi connectivity index (χ0v) is 11.9. The molecule has 2 aromatic heterocycles. The maximum atomic E-state index is 11.7. The van der Waals surface area contributed by atoms with Crippen molar-refractivity contribution in [3.63, 3.8) is 0 Å². The van der Waals surface area contributed by atoms with Gasteiger partial charge in [-0.2, -0.15) is 0 Å². The van der Waals surface area contributed by atoms with Crippen LogP contribution in [0.3, 0.4) is 0 Å². The van der Waals surface area contributed by atoms with E-state index in [1.807, 2.05) is 6.07 Å². The number of nitrogens with two attached hydrogens (primary N) is 1. The SMILES string of the molecule is NC(=O)c1cnc2[nH]ccc2c1NN1C2CC3C1C[C@@]3(O)C2. The minimum atomic E-state index is -0.493. The monoisotopic (exact) mass is 299 g/mol. The number of anilines is 1. The van der Waals surface area contributed by atoms with Crippen LogP contribution in [0.4, 0.5) is 5.69 Å². The lowest BCUT2D eigenvalue weighted by Gasteiger charge is -2.54. The Bertz CT molecular complexity index is 798. The van der Waals surface area contributed by atoms with E-state index in [1.54, 1.807) is 6.20 Å². The molecular weight excluding hydrogens is 282 g/mol. The molecule has 4 atom stereocenters. The van der Waals surface area contributed by atoms with Gasteiger partial charge in [0.2, 0.25) is 0 Å². The van der Waals surface area contributed by atoms with Crippen LogP contribution in [0.1, 0.15) is 29.6 Å². The molecular formula is C15H17N5O2. The third-order valence-corrected chi connectivity index (χ3v) is 5.68. The quantitative estimate of drug-likeness (QED) is 0.663. The predicted molar refractivity (Wildman–Crippen MR) is 79.9 cm³/mol. The van der Waals surface area contributed by atoms with Crippen molar-refractivity contribution in [1.29, 1.82) is 0 Å². The third-order valence-electron chi connectivity index (χ3n) is 5.68. The maximum absolute atomic E-state index is 11.7. The van der Waals surface area contributed by atoms with E-state index < -0.39 is 11.5 Å². The van der Waals surface area contributed by atoms with Crippen molar-refractivity contribution < 1.29 is 9.90 Å². The molecule has 0 radical (unpaired) electrons. The first-order chi connectivity index (χ1) is 10.6. The van der Waals surface area contributed by atoms with Crippen molar-refractivity contribution >= 4 is 22.6 Å². The van der Waals surface area contributed by atoms with E-state index in [0.717, 1.165) is 30.3 Å². The Morgan fingerprint density at radius 2 is 2.41 bits per heavy atom. The molecule has 2 aliphatic carbocycles. The summed E-state index contributed by atoms with van der Waals surface area (Å²) < 4.78 is 0. The second-order valence-corrected chi connectivity index (χ2v) is 6.75. The molecule has 3 heterocycles. The number of H-pyrrole nitrogens is 1. The molecule has 1 amide bonds. The fourth-order valence-corrected chi connectivity index (χ4v) is 4.64. The van der Waals surface area contributed by atoms with Crippen LogP contribution in [-0.4, -0.2) is 43.7 Å². The molecule has 2 bridgehead atoms. The lowest BCUT2D eigenvalue weighted by Crippen LogP contribution is -2.65. The van der Waals surface area contributed by atoms with Crippen molar-refractivity contribution in [3.05, 3.63) is 24.0 Å². The number of pyridine rings is 1. The predicted octanol–water partition coefficient (Wildman–Crippen LogP) is 0.586. The number of nitrogens with one attached hydrogen (secondary N) is 2. The highest BCUT2D eigenvalue weighted by atomic mass is 16.3. The molecule has 5 N–H and O–H groups in total. The summed E-state index contributed by atoms with van der Waals surface area (Å²) in [5, 5.41) is 13.4. The first-order valence-corrected chi connectivity index (χ1v) is 7.60. The number of rotatable bonds is 3. The van der Waals surface area contributed by atoms with Crippen LogP contribution >= 0.6 is 0 Å². The van der Waals surface area contributed by atoms with E-state index in [0.29, 0.717) is 29.3 Å². The first-order valence-electron chi connectivity index (χ1n) is 7.60. The van der Waals surface area contributed by atoms with Gasteiger partial charge in [-0.3, -0.25) is 4.79 Å². The maximum Gasteiger partial charge on any atom is 0.252 e. The van der Waals surface area contributed by atoms with Crippen LogP contribution in [0.5, 0.6) is 0 Å². The van der Waals surface area contributed by atoms with E-state index in [1.165, 1.54) is 6.20 Å². The van der Waals surface area contributed by atoms with Crippen LogP contribution in [0.2, 0.25) is 0 Å².